The number of hydrogen-bond donors (Lipinski definition) is 1. The fourth-order valence-electron chi connectivity index (χ4n) is 3.46. The van der Waals surface area contributed by atoms with Gasteiger partial charge in [-0.05, 0) is 37.3 Å². The lowest BCUT2D eigenvalue weighted by Gasteiger charge is -2.39. The lowest BCUT2D eigenvalue weighted by atomic mass is 9.79. The molecule has 2 aliphatic heterocycles. The highest BCUT2D eigenvalue weighted by atomic mass is 19.1. The van der Waals surface area contributed by atoms with E-state index in [1.807, 2.05) is 0 Å². The molecule has 0 saturated carbocycles. The van der Waals surface area contributed by atoms with E-state index >= 15 is 0 Å². The molecule has 2 fully saturated rings. The number of rotatable bonds is 2. The Morgan fingerprint density at radius 2 is 2.14 bits per heavy atom. The summed E-state index contributed by atoms with van der Waals surface area (Å²) in [6, 6.07) is 2.09. The zero-order valence-corrected chi connectivity index (χ0v) is 12.2. The van der Waals surface area contributed by atoms with Crippen molar-refractivity contribution in [3.63, 3.8) is 0 Å². The van der Waals surface area contributed by atoms with Gasteiger partial charge in [0, 0.05) is 31.2 Å². The van der Waals surface area contributed by atoms with Gasteiger partial charge in [0.2, 0.25) is 0 Å². The molecule has 1 spiro atoms. The average molecular weight is 297 g/mol. The Labute approximate surface area is 123 Å². The Bertz CT molecular complexity index is 529. The van der Waals surface area contributed by atoms with Crippen LogP contribution in [0.1, 0.15) is 36.4 Å². The van der Waals surface area contributed by atoms with Crippen molar-refractivity contribution in [3.05, 3.63) is 34.9 Å². The van der Waals surface area contributed by atoms with Crippen molar-refractivity contribution in [3.8, 4) is 0 Å². The molecule has 0 radical (unpaired) electrons. The minimum Gasteiger partial charge on any atom is -0.378 e. The molecule has 2 N–H and O–H groups in total. The van der Waals surface area contributed by atoms with E-state index in [1.165, 1.54) is 12.1 Å². The summed E-state index contributed by atoms with van der Waals surface area (Å²) in [6.07, 6.45) is 2.24. The van der Waals surface area contributed by atoms with Gasteiger partial charge in [0.1, 0.15) is 11.6 Å². The van der Waals surface area contributed by atoms with E-state index in [1.54, 1.807) is 6.92 Å². The Morgan fingerprint density at radius 3 is 2.86 bits per heavy atom. The summed E-state index contributed by atoms with van der Waals surface area (Å²) in [5.41, 5.74) is 6.34. The Hall–Kier alpha value is -1.04. The highest BCUT2D eigenvalue weighted by molar-refractivity contribution is 5.29. The van der Waals surface area contributed by atoms with E-state index < -0.39 is 17.7 Å². The van der Waals surface area contributed by atoms with Crippen molar-refractivity contribution in [1.29, 1.82) is 0 Å². The summed E-state index contributed by atoms with van der Waals surface area (Å²) in [5, 5.41) is 0. The molecule has 3 atom stereocenters. The lowest BCUT2D eigenvalue weighted by molar-refractivity contribution is -0.102. The first kappa shape index (κ1) is 14.9. The highest BCUT2D eigenvalue weighted by Gasteiger charge is 2.43. The van der Waals surface area contributed by atoms with E-state index in [2.05, 4.69) is 0 Å². The molecule has 2 saturated heterocycles. The third kappa shape index (κ3) is 2.70. The number of nitrogens with two attached hydrogens (primary N) is 1. The van der Waals surface area contributed by atoms with Crippen LogP contribution in [0.25, 0.3) is 0 Å². The monoisotopic (exact) mass is 297 g/mol. The van der Waals surface area contributed by atoms with E-state index in [0.717, 1.165) is 12.8 Å². The molecule has 21 heavy (non-hydrogen) atoms. The van der Waals surface area contributed by atoms with E-state index in [0.29, 0.717) is 31.8 Å². The quantitative estimate of drug-likeness (QED) is 0.913. The van der Waals surface area contributed by atoms with Crippen molar-refractivity contribution < 1.29 is 18.3 Å². The van der Waals surface area contributed by atoms with Crippen LogP contribution < -0.4 is 5.73 Å². The maximum atomic E-state index is 14.3. The molecule has 3 unspecified atom stereocenters. The van der Waals surface area contributed by atoms with Crippen LogP contribution in [0.15, 0.2) is 12.1 Å². The molecule has 1 aromatic carbocycles. The van der Waals surface area contributed by atoms with Gasteiger partial charge in [-0.15, -0.1) is 0 Å². The molecule has 0 aromatic heterocycles. The number of hydrogen-bond acceptors (Lipinski definition) is 3. The molecule has 116 valence electrons. The van der Waals surface area contributed by atoms with E-state index in [4.69, 9.17) is 15.2 Å². The third-order valence-electron chi connectivity index (χ3n) is 4.76. The number of halogens is 2. The number of ether oxygens (including phenoxy) is 2. The van der Waals surface area contributed by atoms with Gasteiger partial charge in [0.05, 0.1) is 12.2 Å². The van der Waals surface area contributed by atoms with Gasteiger partial charge < -0.3 is 15.2 Å². The molecule has 0 amide bonds. The van der Waals surface area contributed by atoms with Crippen molar-refractivity contribution in [2.75, 3.05) is 19.8 Å². The summed E-state index contributed by atoms with van der Waals surface area (Å²) < 4.78 is 39.6. The van der Waals surface area contributed by atoms with Crippen LogP contribution in [0, 0.1) is 24.5 Å². The predicted octanol–water partition coefficient (Wildman–Crippen LogP) is 2.86. The zero-order chi connectivity index (χ0) is 15.0. The minimum atomic E-state index is -0.647. The normalized spacial score (nSPS) is 30.8. The summed E-state index contributed by atoms with van der Waals surface area (Å²) in [6.45, 7) is 3.42. The van der Waals surface area contributed by atoms with Crippen molar-refractivity contribution in [1.82, 2.24) is 0 Å². The first-order valence-corrected chi connectivity index (χ1v) is 7.44. The third-order valence-corrected chi connectivity index (χ3v) is 4.76. The zero-order valence-electron chi connectivity index (χ0n) is 12.2. The summed E-state index contributed by atoms with van der Waals surface area (Å²) in [4.78, 5) is 0. The van der Waals surface area contributed by atoms with E-state index in [9.17, 15) is 8.78 Å². The second kappa shape index (κ2) is 5.63. The standard InChI is InChI=1S/C16H21F2NO2/c1-10-2-3-12(17)13(14(10)18)15(19)11-4-6-21-16(8-11)5-7-20-9-16/h2-3,11,15H,4-9,19H2,1H3. The predicted molar refractivity (Wildman–Crippen MR) is 74.9 cm³/mol. The molecular formula is C16H21F2NO2. The Balaban J connectivity index is 1.85. The fourth-order valence-corrected chi connectivity index (χ4v) is 3.46. The topological polar surface area (TPSA) is 44.5 Å². The second-order valence-electron chi connectivity index (χ2n) is 6.20. The molecule has 3 rings (SSSR count). The van der Waals surface area contributed by atoms with Gasteiger partial charge in [-0.3, -0.25) is 0 Å². The highest BCUT2D eigenvalue weighted by Crippen LogP contribution is 2.41. The number of aryl methyl sites for hydroxylation is 1. The van der Waals surface area contributed by atoms with Gasteiger partial charge in [-0.1, -0.05) is 6.07 Å². The van der Waals surface area contributed by atoms with Crippen LogP contribution >= 0.6 is 0 Å². The van der Waals surface area contributed by atoms with Crippen molar-refractivity contribution >= 4 is 0 Å². The smallest absolute Gasteiger partial charge is 0.133 e. The van der Waals surface area contributed by atoms with Gasteiger partial charge in [-0.2, -0.15) is 0 Å². The fraction of sp³-hybridized carbons (Fsp3) is 0.625. The first-order chi connectivity index (χ1) is 10.0. The van der Waals surface area contributed by atoms with E-state index in [-0.39, 0.29) is 17.1 Å². The van der Waals surface area contributed by atoms with Crippen LogP contribution in [0.2, 0.25) is 0 Å². The summed E-state index contributed by atoms with van der Waals surface area (Å²) in [5.74, 6) is -1.08. The maximum absolute atomic E-state index is 14.3. The van der Waals surface area contributed by atoms with Gasteiger partial charge >= 0.3 is 0 Å². The first-order valence-electron chi connectivity index (χ1n) is 7.44. The number of benzene rings is 1. The van der Waals surface area contributed by atoms with Crippen LogP contribution in [-0.4, -0.2) is 25.4 Å². The van der Waals surface area contributed by atoms with Crippen molar-refractivity contribution in [2.45, 2.75) is 37.8 Å². The maximum Gasteiger partial charge on any atom is 0.133 e. The molecule has 1 aromatic rings. The molecule has 3 nitrogen and oxygen atoms in total. The van der Waals surface area contributed by atoms with Crippen LogP contribution in [0.5, 0.6) is 0 Å². The second-order valence-corrected chi connectivity index (χ2v) is 6.20. The van der Waals surface area contributed by atoms with Gasteiger partial charge in [-0.25, -0.2) is 8.78 Å². The molecule has 5 heteroatoms. The Kier molecular flexibility index (Phi) is 3.99. The summed E-state index contributed by atoms with van der Waals surface area (Å²) >= 11 is 0. The van der Waals surface area contributed by atoms with Gasteiger partial charge in [0.25, 0.3) is 0 Å². The summed E-state index contributed by atoms with van der Waals surface area (Å²) in [7, 11) is 0. The molecule has 0 aliphatic carbocycles. The van der Waals surface area contributed by atoms with Crippen LogP contribution in [0.4, 0.5) is 8.78 Å². The van der Waals surface area contributed by atoms with Crippen molar-refractivity contribution in [2.24, 2.45) is 11.7 Å². The molecule has 2 heterocycles. The average Bonchev–Trinajstić information content (AvgIpc) is 2.91. The molecule has 0 bridgehead atoms. The lowest BCUT2D eigenvalue weighted by Crippen LogP contribution is -2.43. The molecular weight excluding hydrogens is 276 g/mol. The van der Waals surface area contributed by atoms with Gasteiger partial charge in [0.15, 0.2) is 0 Å². The minimum absolute atomic E-state index is 0.00579. The van der Waals surface area contributed by atoms with Crippen LogP contribution in [0.3, 0.4) is 0 Å². The SMILES string of the molecule is Cc1ccc(F)c(C(N)C2CCOC3(CCOC3)C2)c1F. The molecule has 2 aliphatic rings. The van der Waals surface area contributed by atoms with Crippen LogP contribution in [-0.2, 0) is 9.47 Å². The Morgan fingerprint density at radius 1 is 1.33 bits per heavy atom. The largest absolute Gasteiger partial charge is 0.378 e.